The first-order chi connectivity index (χ1) is 9.45. The van der Waals surface area contributed by atoms with Crippen molar-refractivity contribution >= 4 is 11.9 Å². The van der Waals surface area contributed by atoms with E-state index in [0.29, 0.717) is 12.2 Å². The van der Waals surface area contributed by atoms with Gasteiger partial charge in [-0.15, -0.1) is 0 Å². The van der Waals surface area contributed by atoms with Crippen molar-refractivity contribution in [2.75, 3.05) is 0 Å². The Morgan fingerprint density at radius 3 is 2.35 bits per heavy atom. The molecule has 1 rings (SSSR count). The van der Waals surface area contributed by atoms with Gasteiger partial charge in [-0.25, -0.2) is 4.79 Å². The van der Waals surface area contributed by atoms with Crippen LogP contribution in [0.4, 0.5) is 0 Å². The van der Waals surface area contributed by atoms with E-state index < -0.39 is 24.0 Å². The number of benzene rings is 1. The van der Waals surface area contributed by atoms with Gasteiger partial charge in [-0.3, -0.25) is 4.79 Å². The molecule has 0 fully saturated rings. The maximum absolute atomic E-state index is 12.0. The topological polar surface area (TPSA) is 75.6 Å². The molecule has 20 heavy (non-hydrogen) atoms. The lowest BCUT2D eigenvalue weighted by molar-refractivity contribution is -0.144. The van der Waals surface area contributed by atoms with Crippen LogP contribution in [0.5, 0.6) is 5.75 Å². The lowest BCUT2D eigenvalue weighted by Crippen LogP contribution is -2.49. The van der Waals surface area contributed by atoms with Crippen molar-refractivity contribution in [1.82, 2.24) is 5.32 Å². The van der Waals surface area contributed by atoms with Crippen molar-refractivity contribution in [3.8, 4) is 5.75 Å². The zero-order valence-electron chi connectivity index (χ0n) is 12.0. The fraction of sp³-hybridized carbons (Fsp3) is 0.467. The van der Waals surface area contributed by atoms with E-state index >= 15 is 0 Å². The number of para-hydroxylation sites is 1. The molecule has 0 spiro atoms. The standard InChI is InChI=1S/C15H21NO4/c1-4-10(2)13(15(18)19)16-14(17)11(3)20-12-8-6-5-7-9-12/h5-11,13H,4H2,1-3H3,(H,16,17)(H,18,19)/t10?,11?,13-/m0/s1. The number of hydrogen-bond acceptors (Lipinski definition) is 3. The van der Waals surface area contributed by atoms with Crippen LogP contribution in [0, 0.1) is 5.92 Å². The number of carbonyl (C=O) groups is 2. The summed E-state index contributed by atoms with van der Waals surface area (Å²) in [5.41, 5.74) is 0. The van der Waals surface area contributed by atoms with E-state index in [9.17, 15) is 9.59 Å². The lowest BCUT2D eigenvalue weighted by atomic mass is 9.99. The Kier molecular flexibility index (Phi) is 6.03. The minimum absolute atomic E-state index is 0.139. The number of nitrogens with one attached hydrogen (secondary N) is 1. The molecule has 0 heterocycles. The van der Waals surface area contributed by atoms with E-state index in [2.05, 4.69) is 5.32 Å². The summed E-state index contributed by atoms with van der Waals surface area (Å²) in [6.45, 7) is 5.27. The van der Waals surface area contributed by atoms with E-state index in [1.165, 1.54) is 0 Å². The molecule has 5 heteroatoms. The average Bonchev–Trinajstić information content (AvgIpc) is 2.44. The summed E-state index contributed by atoms with van der Waals surface area (Å²) in [7, 11) is 0. The Balaban J connectivity index is 2.62. The van der Waals surface area contributed by atoms with Crippen LogP contribution < -0.4 is 10.1 Å². The maximum atomic E-state index is 12.0. The van der Waals surface area contributed by atoms with Crippen LogP contribution in [0.15, 0.2) is 30.3 Å². The average molecular weight is 279 g/mol. The molecule has 0 aromatic heterocycles. The van der Waals surface area contributed by atoms with Gasteiger partial charge in [-0.1, -0.05) is 38.5 Å². The predicted molar refractivity (Wildman–Crippen MR) is 75.6 cm³/mol. The number of rotatable bonds is 7. The first-order valence-corrected chi connectivity index (χ1v) is 6.70. The SMILES string of the molecule is CCC(C)[C@H](NC(=O)C(C)Oc1ccccc1)C(=O)O. The maximum Gasteiger partial charge on any atom is 0.326 e. The highest BCUT2D eigenvalue weighted by Crippen LogP contribution is 2.12. The van der Waals surface area contributed by atoms with Crippen molar-refractivity contribution in [3.05, 3.63) is 30.3 Å². The van der Waals surface area contributed by atoms with Crippen LogP contribution >= 0.6 is 0 Å². The van der Waals surface area contributed by atoms with Gasteiger partial charge in [0.1, 0.15) is 11.8 Å². The number of amides is 1. The first kappa shape index (κ1) is 16.0. The summed E-state index contributed by atoms with van der Waals surface area (Å²) in [4.78, 5) is 23.1. The molecule has 2 unspecified atom stereocenters. The highest BCUT2D eigenvalue weighted by atomic mass is 16.5. The van der Waals surface area contributed by atoms with Crippen LogP contribution in [0.1, 0.15) is 27.2 Å². The highest BCUT2D eigenvalue weighted by Gasteiger charge is 2.27. The molecule has 3 atom stereocenters. The quantitative estimate of drug-likeness (QED) is 0.801. The molecule has 0 saturated carbocycles. The third-order valence-electron chi connectivity index (χ3n) is 3.20. The molecule has 1 aromatic carbocycles. The lowest BCUT2D eigenvalue weighted by Gasteiger charge is -2.22. The van der Waals surface area contributed by atoms with Crippen LogP contribution in [0.25, 0.3) is 0 Å². The fourth-order valence-corrected chi connectivity index (χ4v) is 1.71. The summed E-state index contributed by atoms with van der Waals surface area (Å²) in [6, 6.07) is 8.05. The van der Waals surface area contributed by atoms with E-state index in [-0.39, 0.29) is 5.92 Å². The molecule has 1 amide bonds. The third kappa shape index (κ3) is 4.57. The summed E-state index contributed by atoms with van der Waals surface area (Å²) in [6.07, 6.45) is -0.0751. The number of aliphatic carboxylic acids is 1. The molecule has 0 aliphatic heterocycles. The van der Waals surface area contributed by atoms with Crippen LogP contribution in [-0.2, 0) is 9.59 Å². The summed E-state index contributed by atoms with van der Waals surface area (Å²) >= 11 is 0. The Morgan fingerprint density at radius 2 is 1.85 bits per heavy atom. The van der Waals surface area contributed by atoms with Gasteiger partial charge in [0.15, 0.2) is 6.10 Å². The Bertz CT molecular complexity index is 446. The van der Waals surface area contributed by atoms with Crippen molar-refractivity contribution in [3.63, 3.8) is 0 Å². The van der Waals surface area contributed by atoms with Gasteiger partial charge in [-0.05, 0) is 25.0 Å². The van der Waals surface area contributed by atoms with E-state index in [1.54, 1.807) is 38.1 Å². The first-order valence-electron chi connectivity index (χ1n) is 6.70. The molecular formula is C15H21NO4. The second kappa shape index (κ2) is 7.53. The summed E-state index contributed by atoms with van der Waals surface area (Å²) < 4.78 is 5.47. The fourth-order valence-electron chi connectivity index (χ4n) is 1.71. The van der Waals surface area contributed by atoms with Gasteiger partial charge in [0.25, 0.3) is 5.91 Å². The van der Waals surface area contributed by atoms with Crippen LogP contribution in [0.2, 0.25) is 0 Å². The van der Waals surface area contributed by atoms with Gasteiger partial charge in [0, 0.05) is 0 Å². The molecule has 0 aliphatic carbocycles. The molecule has 0 aliphatic rings. The zero-order chi connectivity index (χ0) is 15.1. The molecule has 0 radical (unpaired) electrons. The minimum atomic E-state index is -1.03. The van der Waals surface area contributed by atoms with E-state index in [0.717, 1.165) is 0 Å². The largest absolute Gasteiger partial charge is 0.481 e. The van der Waals surface area contributed by atoms with Crippen LogP contribution in [0.3, 0.4) is 0 Å². The molecular weight excluding hydrogens is 258 g/mol. The summed E-state index contributed by atoms with van der Waals surface area (Å²) in [5, 5.41) is 11.7. The van der Waals surface area contributed by atoms with Gasteiger partial charge < -0.3 is 15.2 Å². The molecule has 1 aromatic rings. The van der Waals surface area contributed by atoms with Gasteiger partial charge >= 0.3 is 5.97 Å². The Labute approximate surface area is 118 Å². The number of ether oxygens (including phenoxy) is 1. The number of carboxylic acid groups (broad SMARTS) is 1. The highest BCUT2D eigenvalue weighted by molar-refractivity contribution is 5.86. The van der Waals surface area contributed by atoms with Crippen molar-refractivity contribution in [1.29, 1.82) is 0 Å². The van der Waals surface area contributed by atoms with Crippen molar-refractivity contribution in [2.45, 2.75) is 39.3 Å². The van der Waals surface area contributed by atoms with Gasteiger partial charge in [0.05, 0.1) is 0 Å². The third-order valence-corrected chi connectivity index (χ3v) is 3.20. The van der Waals surface area contributed by atoms with E-state index in [4.69, 9.17) is 9.84 Å². The van der Waals surface area contributed by atoms with Gasteiger partial charge in [0.2, 0.25) is 0 Å². The minimum Gasteiger partial charge on any atom is -0.481 e. The number of hydrogen-bond donors (Lipinski definition) is 2. The monoisotopic (exact) mass is 279 g/mol. The molecule has 0 bridgehead atoms. The van der Waals surface area contributed by atoms with Crippen molar-refractivity contribution in [2.24, 2.45) is 5.92 Å². The second-order valence-electron chi connectivity index (χ2n) is 4.78. The predicted octanol–water partition coefficient (Wildman–Crippen LogP) is 2.07. The van der Waals surface area contributed by atoms with Crippen LogP contribution in [-0.4, -0.2) is 29.1 Å². The Morgan fingerprint density at radius 1 is 1.25 bits per heavy atom. The number of carbonyl (C=O) groups excluding carboxylic acids is 1. The van der Waals surface area contributed by atoms with E-state index in [1.807, 2.05) is 13.0 Å². The molecule has 5 nitrogen and oxygen atoms in total. The smallest absolute Gasteiger partial charge is 0.326 e. The summed E-state index contributed by atoms with van der Waals surface area (Å²) in [5.74, 6) is -1.02. The zero-order valence-corrected chi connectivity index (χ0v) is 12.0. The van der Waals surface area contributed by atoms with Crippen molar-refractivity contribution < 1.29 is 19.4 Å². The molecule has 2 N–H and O–H groups in total. The molecule has 0 saturated heterocycles. The Hall–Kier alpha value is -2.04. The second-order valence-corrected chi connectivity index (χ2v) is 4.78. The van der Waals surface area contributed by atoms with Gasteiger partial charge in [-0.2, -0.15) is 0 Å². The number of carboxylic acids is 1. The molecule has 110 valence electrons. The normalized spacial score (nSPS) is 14.9.